The normalized spacial score (nSPS) is 11.3. The predicted octanol–water partition coefficient (Wildman–Crippen LogP) is 1.93. The number of sulfonamides is 1. The molecule has 0 bridgehead atoms. The highest BCUT2D eigenvalue weighted by Gasteiger charge is 2.17. The van der Waals surface area contributed by atoms with Crippen molar-refractivity contribution in [3.05, 3.63) is 39.9 Å². The number of thiazole rings is 1. The Hall–Kier alpha value is -1.64. The fourth-order valence-corrected chi connectivity index (χ4v) is 3.76. The third kappa shape index (κ3) is 3.93. The maximum Gasteiger partial charge on any atom is 0.263 e. The van der Waals surface area contributed by atoms with Crippen molar-refractivity contribution in [1.29, 1.82) is 0 Å². The van der Waals surface area contributed by atoms with Gasteiger partial charge in [0, 0.05) is 10.4 Å². The van der Waals surface area contributed by atoms with E-state index in [2.05, 4.69) is 9.71 Å². The summed E-state index contributed by atoms with van der Waals surface area (Å²) in [5.41, 5.74) is 6.26. The van der Waals surface area contributed by atoms with E-state index >= 15 is 0 Å². The monoisotopic (exact) mass is 345 g/mol. The summed E-state index contributed by atoms with van der Waals surface area (Å²) in [5, 5.41) is 2.11. The number of nitrogens with one attached hydrogen (secondary N) is 1. The maximum absolute atomic E-state index is 12.2. The average molecular weight is 346 g/mol. The standard InChI is InChI=1S/C12H12ClN3O3S2/c1-7-2-3-9(5-10(7)13)21(18,19)16-12-15-8(6-20-12)4-11(14)17/h2-3,5-6H,4H2,1H3,(H2,14,17)(H,15,16). The minimum atomic E-state index is -3.77. The fraction of sp³-hybridized carbons (Fsp3) is 0.167. The highest BCUT2D eigenvalue weighted by atomic mass is 35.5. The third-order valence-corrected chi connectivity index (χ3v) is 5.26. The molecule has 3 N–H and O–H groups in total. The molecule has 1 aromatic heterocycles. The number of carbonyl (C=O) groups is 1. The lowest BCUT2D eigenvalue weighted by atomic mass is 10.2. The number of carbonyl (C=O) groups excluding carboxylic acids is 1. The molecule has 1 heterocycles. The first-order chi connectivity index (χ1) is 9.78. The first kappa shape index (κ1) is 15.7. The van der Waals surface area contributed by atoms with Crippen LogP contribution in [0.2, 0.25) is 5.02 Å². The molecule has 0 aliphatic rings. The molecule has 0 spiro atoms. The molecule has 0 aliphatic carbocycles. The molecular weight excluding hydrogens is 334 g/mol. The summed E-state index contributed by atoms with van der Waals surface area (Å²) in [4.78, 5) is 14.8. The second-order valence-corrected chi connectivity index (χ2v) is 7.25. The summed E-state index contributed by atoms with van der Waals surface area (Å²) in [6.07, 6.45) is -0.0331. The van der Waals surface area contributed by atoms with Gasteiger partial charge in [-0.25, -0.2) is 13.4 Å². The van der Waals surface area contributed by atoms with Crippen molar-refractivity contribution in [3.8, 4) is 0 Å². The Bertz CT molecular complexity index is 787. The molecule has 0 fully saturated rings. The Morgan fingerprint density at radius 3 is 2.81 bits per heavy atom. The number of anilines is 1. The third-order valence-electron chi connectivity index (χ3n) is 2.58. The van der Waals surface area contributed by atoms with Crippen LogP contribution in [0.3, 0.4) is 0 Å². The molecule has 21 heavy (non-hydrogen) atoms. The van der Waals surface area contributed by atoms with Gasteiger partial charge in [0.1, 0.15) is 0 Å². The van der Waals surface area contributed by atoms with Gasteiger partial charge >= 0.3 is 0 Å². The van der Waals surface area contributed by atoms with Crippen LogP contribution in [0.15, 0.2) is 28.5 Å². The van der Waals surface area contributed by atoms with E-state index in [-0.39, 0.29) is 16.4 Å². The minimum absolute atomic E-state index is 0.0331. The number of aromatic nitrogens is 1. The van der Waals surface area contributed by atoms with Gasteiger partial charge in [0.25, 0.3) is 10.0 Å². The number of primary amides is 1. The number of amides is 1. The van der Waals surface area contributed by atoms with E-state index in [1.165, 1.54) is 12.1 Å². The van der Waals surface area contributed by atoms with Crippen molar-refractivity contribution >= 4 is 44.0 Å². The van der Waals surface area contributed by atoms with Crippen LogP contribution in [-0.2, 0) is 21.2 Å². The maximum atomic E-state index is 12.2. The topological polar surface area (TPSA) is 102 Å². The number of halogens is 1. The van der Waals surface area contributed by atoms with Gasteiger partial charge in [-0.3, -0.25) is 9.52 Å². The van der Waals surface area contributed by atoms with Crippen LogP contribution in [0.4, 0.5) is 5.13 Å². The van der Waals surface area contributed by atoms with Gasteiger partial charge in [-0.2, -0.15) is 0 Å². The molecular formula is C12H12ClN3O3S2. The van der Waals surface area contributed by atoms with Gasteiger partial charge in [0.2, 0.25) is 5.91 Å². The lowest BCUT2D eigenvalue weighted by Crippen LogP contribution is -2.15. The van der Waals surface area contributed by atoms with Gasteiger partial charge in [0.05, 0.1) is 17.0 Å². The Morgan fingerprint density at radius 1 is 1.48 bits per heavy atom. The molecule has 0 radical (unpaired) electrons. The van der Waals surface area contributed by atoms with Gasteiger partial charge in [0.15, 0.2) is 5.13 Å². The lowest BCUT2D eigenvalue weighted by molar-refractivity contribution is -0.117. The van der Waals surface area contributed by atoms with Crippen LogP contribution in [0.5, 0.6) is 0 Å². The Morgan fingerprint density at radius 2 is 2.19 bits per heavy atom. The van der Waals surface area contributed by atoms with Gasteiger partial charge < -0.3 is 5.73 Å². The van der Waals surface area contributed by atoms with E-state index in [0.29, 0.717) is 10.7 Å². The van der Waals surface area contributed by atoms with Gasteiger partial charge in [-0.1, -0.05) is 17.7 Å². The van der Waals surface area contributed by atoms with Crippen LogP contribution in [0, 0.1) is 6.92 Å². The van der Waals surface area contributed by atoms with E-state index in [0.717, 1.165) is 16.9 Å². The van der Waals surface area contributed by atoms with Crippen LogP contribution >= 0.6 is 22.9 Å². The number of nitrogens with zero attached hydrogens (tertiary/aromatic N) is 1. The van der Waals surface area contributed by atoms with Gasteiger partial charge in [-0.05, 0) is 24.6 Å². The van der Waals surface area contributed by atoms with Crippen LogP contribution in [-0.4, -0.2) is 19.3 Å². The molecule has 1 amide bonds. The van der Waals surface area contributed by atoms with E-state index in [1.807, 2.05) is 0 Å². The van der Waals surface area contributed by atoms with E-state index in [9.17, 15) is 13.2 Å². The van der Waals surface area contributed by atoms with E-state index in [4.69, 9.17) is 17.3 Å². The largest absolute Gasteiger partial charge is 0.369 e. The first-order valence-corrected chi connectivity index (χ1v) is 8.53. The number of rotatable bonds is 5. The summed E-state index contributed by atoms with van der Waals surface area (Å²) >= 11 is 7.01. The SMILES string of the molecule is Cc1ccc(S(=O)(=O)Nc2nc(CC(N)=O)cs2)cc1Cl. The molecule has 0 aliphatic heterocycles. The molecule has 112 valence electrons. The number of aryl methyl sites for hydroxylation is 1. The van der Waals surface area contributed by atoms with Crippen molar-refractivity contribution in [3.63, 3.8) is 0 Å². The van der Waals surface area contributed by atoms with Crippen molar-refractivity contribution in [1.82, 2.24) is 4.98 Å². The van der Waals surface area contributed by atoms with Crippen molar-refractivity contribution in [2.24, 2.45) is 5.73 Å². The minimum Gasteiger partial charge on any atom is -0.369 e. The summed E-state index contributed by atoms with van der Waals surface area (Å²) in [5.74, 6) is -0.528. The zero-order valence-corrected chi connectivity index (χ0v) is 13.3. The highest BCUT2D eigenvalue weighted by molar-refractivity contribution is 7.93. The number of benzene rings is 1. The fourth-order valence-electron chi connectivity index (χ4n) is 1.53. The summed E-state index contributed by atoms with van der Waals surface area (Å²) in [6, 6.07) is 4.45. The number of hydrogen-bond acceptors (Lipinski definition) is 5. The number of nitrogens with two attached hydrogens (primary N) is 1. The zero-order chi connectivity index (χ0) is 15.6. The zero-order valence-electron chi connectivity index (χ0n) is 11.0. The van der Waals surface area contributed by atoms with E-state index in [1.54, 1.807) is 18.4 Å². The first-order valence-electron chi connectivity index (χ1n) is 5.79. The summed E-state index contributed by atoms with van der Waals surface area (Å²) in [6.45, 7) is 1.78. The Balaban J connectivity index is 2.22. The predicted molar refractivity (Wildman–Crippen MR) is 82.0 cm³/mol. The van der Waals surface area contributed by atoms with Crippen molar-refractivity contribution < 1.29 is 13.2 Å². The quantitative estimate of drug-likeness (QED) is 0.864. The van der Waals surface area contributed by atoms with Gasteiger partial charge in [-0.15, -0.1) is 11.3 Å². The molecule has 0 saturated carbocycles. The molecule has 9 heteroatoms. The smallest absolute Gasteiger partial charge is 0.263 e. The average Bonchev–Trinajstić information content (AvgIpc) is 2.78. The molecule has 0 unspecified atom stereocenters. The molecule has 0 saturated heterocycles. The summed E-state index contributed by atoms with van der Waals surface area (Å²) in [7, 11) is -3.77. The molecule has 1 aromatic carbocycles. The number of hydrogen-bond donors (Lipinski definition) is 2. The van der Waals surface area contributed by atoms with Crippen LogP contribution in [0.25, 0.3) is 0 Å². The van der Waals surface area contributed by atoms with Crippen molar-refractivity contribution in [2.75, 3.05) is 4.72 Å². The molecule has 2 rings (SSSR count). The van der Waals surface area contributed by atoms with Crippen LogP contribution < -0.4 is 10.5 Å². The van der Waals surface area contributed by atoms with E-state index < -0.39 is 15.9 Å². The second kappa shape index (κ2) is 6.00. The molecule has 6 nitrogen and oxygen atoms in total. The Labute approximate surface area is 131 Å². The van der Waals surface area contributed by atoms with Crippen LogP contribution in [0.1, 0.15) is 11.3 Å². The summed E-state index contributed by atoms with van der Waals surface area (Å²) < 4.78 is 26.7. The second-order valence-electron chi connectivity index (χ2n) is 4.30. The molecule has 2 aromatic rings. The van der Waals surface area contributed by atoms with Crippen molar-refractivity contribution in [2.45, 2.75) is 18.2 Å². The lowest BCUT2D eigenvalue weighted by Gasteiger charge is -2.06. The molecule has 0 atom stereocenters. The highest BCUT2D eigenvalue weighted by Crippen LogP contribution is 2.23. The Kier molecular flexibility index (Phi) is 4.50.